The summed E-state index contributed by atoms with van der Waals surface area (Å²) in [7, 11) is 0. The summed E-state index contributed by atoms with van der Waals surface area (Å²) in [6.45, 7) is 0.413. The molecule has 2 aromatic rings. The lowest BCUT2D eigenvalue weighted by atomic mass is 10.3. The summed E-state index contributed by atoms with van der Waals surface area (Å²) < 4.78 is 19.1. The molecule has 0 radical (unpaired) electrons. The van der Waals surface area contributed by atoms with E-state index >= 15 is 0 Å². The van der Waals surface area contributed by atoms with Gasteiger partial charge in [-0.2, -0.15) is 0 Å². The normalized spacial score (nSPS) is 10.6. The number of thioether (sulfide) groups is 1. The second kappa shape index (κ2) is 7.07. The van der Waals surface area contributed by atoms with Crippen molar-refractivity contribution in [3.05, 3.63) is 52.3 Å². The average Bonchev–Trinajstić information content (AvgIpc) is 2.39. The highest BCUT2D eigenvalue weighted by Gasteiger charge is 2.05. The highest BCUT2D eigenvalue weighted by molar-refractivity contribution is 7.99. The predicted octanol–water partition coefficient (Wildman–Crippen LogP) is 4.89. The Morgan fingerprint density at radius 3 is 2.65 bits per heavy atom. The maximum absolute atomic E-state index is 13.5. The third-order valence-corrected chi connectivity index (χ3v) is 3.99. The van der Waals surface area contributed by atoms with Crippen LogP contribution in [-0.2, 0) is 0 Å². The van der Waals surface area contributed by atoms with E-state index in [1.807, 2.05) is 0 Å². The average molecular weight is 332 g/mol. The van der Waals surface area contributed by atoms with Crippen molar-refractivity contribution in [1.29, 1.82) is 0 Å². The van der Waals surface area contributed by atoms with Gasteiger partial charge in [-0.05, 0) is 36.4 Å². The number of nitrogens with two attached hydrogens (primary N) is 1. The van der Waals surface area contributed by atoms with Gasteiger partial charge in [-0.25, -0.2) is 4.39 Å². The van der Waals surface area contributed by atoms with Crippen LogP contribution >= 0.6 is 35.0 Å². The number of hydrogen-bond acceptors (Lipinski definition) is 3. The van der Waals surface area contributed by atoms with Crippen LogP contribution in [0.3, 0.4) is 0 Å². The van der Waals surface area contributed by atoms with Gasteiger partial charge in [0.25, 0.3) is 0 Å². The molecule has 0 bridgehead atoms. The fraction of sp³-hybridized carbons (Fsp3) is 0.143. The van der Waals surface area contributed by atoms with Gasteiger partial charge < -0.3 is 10.5 Å². The van der Waals surface area contributed by atoms with Crippen molar-refractivity contribution in [3.8, 4) is 5.75 Å². The molecule has 106 valence electrons. The van der Waals surface area contributed by atoms with Crippen molar-refractivity contribution >= 4 is 40.7 Å². The maximum atomic E-state index is 13.5. The zero-order valence-corrected chi connectivity index (χ0v) is 12.7. The van der Waals surface area contributed by atoms with Gasteiger partial charge in [0.2, 0.25) is 0 Å². The third kappa shape index (κ3) is 4.20. The summed E-state index contributed by atoms with van der Waals surface area (Å²) in [6, 6.07) is 9.66. The van der Waals surface area contributed by atoms with Gasteiger partial charge >= 0.3 is 0 Å². The van der Waals surface area contributed by atoms with Crippen LogP contribution in [0.2, 0.25) is 10.0 Å². The molecule has 0 aromatic heterocycles. The summed E-state index contributed by atoms with van der Waals surface area (Å²) in [6.07, 6.45) is 0. The number of hydrogen-bond donors (Lipinski definition) is 1. The Labute approximate surface area is 131 Å². The summed E-state index contributed by atoms with van der Waals surface area (Å²) in [5.41, 5.74) is 5.90. The Morgan fingerprint density at radius 1 is 1.15 bits per heavy atom. The molecule has 0 saturated heterocycles. The summed E-state index contributed by atoms with van der Waals surface area (Å²) in [5, 5.41) is 1.02. The molecule has 0 amide bonds. The van der Waals surface area contributed by atoms with Crippen molar-refractivity contribution in [2.24, 2.45) is 0 Å². The quantitative estimate of drug-likeness (QED) is 0.481. The van der Waals surface area contributed by atoms with E-state index in [4.69, 9.17) is 33.7 Å². The number of ether oxygens (including phenoxy) is 1. The molecule has 6 heteroatoms. The van der Waals surface area contributed by atoms with Gasteiger partial charge in [0.05, 0.1) is 11.6 Å². The number of benzene rings is 2. The van der Waals surface area contributed by atoms with E-state index in [0.29, 0.717) is 38.7 Å². The molecule has 2 nitrogen and oxygen atoms in total. The molecule has 0 spiro atoms. The van der Waals surface area contributed by atoms with Gasteiger partial charge in [0.1, 0.15) is 11.6 Å². The Kier molecular flexibility index (Phi) is 5.40. The monoisotopic (exact) mass is 331 g/mol. The zero-order valence-electron chi connectivity index (χ0n) is 10.4. The van der Waals surface area contributed by atoms with Crippen molar-refractivity contribution in [3.63, 3.8) is 0 Å². The van der Waals surface area contributed by atoms with E-state index in [9.17, 15) is 4.39 Å². The van der Waals surface area contributed by atoms with Crippen LogP contribution in [0, 0.1) is 5.82 Å². The molecule has 0 aliphatic rings. The van der Waals surface area contributed by atoms with Crippen molar-refractivity contribution < 1.29 is 9.13 Å². The van der Waals surface area contributed by atoms with E-state index in [1.165, 1.54) is 17.8 Å². The van der Waals surface area contributed by atoms with Crippen molar-refractivity contribution in [2.75, 3.05) is 18.1 Å². The smallest absolute Gasteiger partial charge is 0.138 e. The fourth-order valence-corrected chi connectivity index (χ4v) is 2.74. The summed E-state index contributed by atoms with van der Waals surface area (Å²) in [4.78, 5) is 0.546. The van der Waals surface area contributed by atoms with E-state index in [1.54, 1.807) is 30.3 Å². The lowest BCUT2D eigenvalue weighted by Crippen LogP contribution is -2.01. The molecule has 0 fully saturated rings. The Balaban J connectivity index is 1.84. The van der Waals surface area contributed by atoms with Crippen LogP contribution in [0.25, 0.3) is 0 Å². The molecule has 20 heavy (non-hydrogen) atoms. The Morgan fingerprint density at radius 2 is 1.95 bits per heavy atom. The van der Waals surface area contributed by atoms with Crippen molar-refractivity contribution in [2.45, 2.75) is 4.90 Å². The van der Waals surface area contributed by atoms with Gasteiger partial charge in [-0.1, -0.05) is 23.2 Å². The van der Waals surface area contributed by atoms with Crippen LogP contribution in [0.15, 0.2) is 41.3 Å². The lowest BCUT2D eigenvalue weighted by molar-refractivity contribution is 0.344. The van der Waals surface area contributed by atoms with Crippen molar-refractivity contribution in [1.82, 2.24) is 0 Å². The summed E-state index contributed by atoms with van der Waals surface area (Å²) >= 11 is 13.1. The first-order valence-electron chi connectivity index (χ1n) is 5.82. The van der Waals surface area contributed by atoms with Gasteiger partial charge in [-0.15, -0.1) is 11.8 Å². The van der Waals surface area contributed by atoms with Crippen LogP contribution in [0.5, 0.6) is 5.75 Å². The fourth-order valence-electron chi connectivity index (χ4n) is 1.53. The number of nitrogen functional groups attached to an aromatic ring is 1. The van der Waals surface area contributed by atoms with Crippen LogP contribution in [-0.4, -0.2) is 12.4 Å². The minimum absolute atomic E-state index is 0.320. The van der Waals surface area contributed by atoms with Crippen LogP contribution < -0.4 is 10.5 Å². The SMILES string of the molecule is Nc1ccc(SCCOc2ccc(Cl)cc2Cl)c(F)c1. The largest absolute Gasteiger partial charge is 0.491 e. The molecular weight excluding hydrogens is 320 g/mol. The van der Waals surface area contributed by atoms with E-state index < -0.39 is 0 Å². The third-order valence-electron chi connectivity index (χ3n) is 2.45. The highest BCUT2D eigenvalue weighted by Crippen LogP contribution is 2.28. The Bertz CT molecular complexity index is 556. The first kappa shape index (κ1) is 15.3. The highest BCUT2D eigenvalue weighted by atomic mass is 35.5. The predicted molar refractivity (Wildman–Crippen MR) is 83.5 cm³/mol. The molecule has 0 unspecified atom stereocenters. The second-order valence-corrected chi connectivity index (χ2v) is 5.94. The first-order valence-corrected chi connectivity index (χ1v) is 7.56. The first-order chi connectivity index (χ1) is 9.56. The molecule has 0 heterocycles. The summed E-state index contributed by atoms with van der Waals surface area (Å²) in [5.74, 6) is 0.841. The van der Waals surface area contributed by atoms with E-state index in [-0.39, 0.29) is 5.82 Å². The molecule has 0 saturated carbocycles. The molecular formula is C14H12Cl2FNOS. The van der Waals surface area contributed by atoms with Gasteiger partial charge in [0, 0.05) is 21.4 Å². The van der Waals surface area contributed by atoms with E-state index in [2.05, 4.69) is 0 Å². The molecule has 2 rings (SSSR count). The second-order valence-electron chi connectivity index (χ2n) is 3.96. The molecule has 0 aliphatic heterocycles. The standard InChI is InChI=1S/C14H12Cl2FNOS/c15-9-1-3-13(11(16)7-9)19-5-6-20-14-4-2-10(18)8-12(14)17/h1-4,7-8H,5-6,18H2. The van der Waals surface area contributed by atoms with Crippen LogP contribution in [0.1, 0.15) is 0 Å². The Hall–Kier alpha value is -1.10. The van der Waals surface area contributed by atoms with Gasteiger partial charge in [0.15, 0.2) is 0 Å². The topological polar surface area (TPSA) is 35.2 Å². The molecule has 2 aromatic carbocycles. The number of halogens is 3. The number of anilines is 1. The minimum atomic E-state index is -0.320. The maximum Gasteiger partial charge on any atom is 0.138 e. The lowest BCUT2D eigenvalue weighted by Gasteiger charge is -2.08. The minimum Gasteiger partial charge on any atom is -0.491 e. The van der Waals surface area contributed by atoms with Gasteiger partial charge in [-0.3, -0.25) is 0 Å². The zero-order chi connectivity index (χ0) is 14.5. The number of rotatable bonds is 5. The molecule has 2 N–H and O–H groups in total. The molecule has 0 aliphatic carbocycles. The van der Waals surface area contributed by atoms with Crippen LogP contribution in [0.4, 0.5) is 10.1 Å². The molecule has 0 atom stereocenters. The van der Waals surface area contributed by atoms with E-state index in [0.717, 1.165) is 0 Å².